The average Bonchev–Trinajstić information content (AvgIpc) is 2.77. The van der Waals surface area contributed by atoms with Gasteiger partial charge in [0.15, 0.2) is 0 Å². The lowest BCUT2D eigenvalue weighted by Gasteiger charge is -1.98. The quantitative estimate of drug-likeness (QED) is 0.485. The molecule has 8 heteroatoms. The van der Waals surface area contributed by atoms with Crippen molar-refractivity contribution in [3.05, 3.63) is 40.0 Å². The van der Waals surface area contributed by atoms with Gasteiger partial charge in [0.1, 0.15) is 11.4 Å². The van der Waals surface area contributed by atoms with Crippen LogP contribution in [-0.2, 0) is 6.42 Å². The molecule has 2 aromatic rings. The van der Waals surface area contributed by atoms with Crippen molar-refractivity contribution in [2.75, 3.05) is 5.88 Å². The summed E-state index contributed by atoms with van der Waals surface area (Å²) >= 11 is 5.50. The van der Waals surface area contributed by atoms with Gasteiger partial charge in [0.25, 0.3) is 11.6 Å². The first-order valence-corrected chi connectivity index (χ1v) is 5.48. The summed E-state index contributed by atoms with van der Waals surface area (Å²) in [6, 6.07) is 3.03. The minimum atomic E-state index is -0.639. The van der Waals surface area contributed by atoms with Gasteiger partial charge in [-0.3, -0.25) is 10.1 Å². The Kier molecular flexibility index (Phi) is 3.52. The van der Waals surface area contributed by atoms with E-state index in [9.17, 15) is 14.5 Å². The molecule has 1 heterocycles. The van der Waals surface area contributed by atoms with Gasteiger partial charge in [-0.15, -0.1) is 21.8 Å². The molecule has 0 aliphatic rings. The Labute approximate surface area is 106 Å². The second kappa shape index (κ2) is 5.09. The van der Waals surface area contributed by atoms with Gasteiger partial charge in [0.2, 0.25) is 5.89 Å². The monoisotopic (exact) mass is 271 g/mol. The Morgan fingerprint density at radius 1 is 1.44 bits per heavy atom. The zero-order chi connectivity index (χ0) is 13.1. The zero-order valence-corrected chi connectivity index (χ0v) is 9.72. The second-order valence-electron chi connectivity index (χ2n) is 3.36. The van der Waals surface area contributed by atoms with E-state index in [2.05, 4.69) is 10.2 Å². The zero-order valence-electron chi connectivity index (χ0n) is 8.97. The van der Waals surface area contributed by atoms with Crippen LogP contribution >= 0.6 is 11.6 Å². The van der Waals surface area contributed by atoms with Crippen LogP contribution in [0.3, 0.4) is 0 Å². The summed E-state index contributed by atoms with van der Waals surface area (Å²) in [5.41, 5.74) is -0.342. The van der Waals surface area contributed by atoms with Crippen LogP contribution in [-0.4, -0.2) is 21.0 Å². The van der Waals surface area contributed by atoms with E-state index in [-0.39, 0.29) is 28.9 Å². The molecule has 0 aliphatic heterocycles. The first kappa shape index (κ1) is 12.4. The predicted octanol–water partition coefficient (Wildman–Crippen LogP) is 2.57. The molecule has 0 amide bonds. The van der Waals surface area contributed by atoms with Gasteiger partial charge >= 0.3 is 0 Å². The van der Waals surface area contributed by atoms with Gasteiger partial charge < -0.3 is 4.42 Å². The number of nitro groups is 1. The number of hydrogen-bond donors (Lipinski definition) is 0. The molecule has 0 bridgehead atoms. The van der Waals surface area contributed by atoms with Crippen molar-refractivity contribution in [3.8, 4) is 11.5 Å². The maximum absolute atomic E-state index is 13.1. The number of alkyl halides is 1. The minimum absolute atomic E-state index is 0.0478. The first-order chi connectivity index (χ1) is 8.61. The molecule has 18 heavy (non-hydrogen) atoms. The summed E-state index contributed by atoms with van der Waals surface area (Å²) in [5, 5.41) is 18.1. The molecular formula is C10H7ClFN3O3. The third-order valence-electron chi connectivity index (χ3n) is 2.16. The summed E-state index contributed by atoms with van der Waals surface area (Å²) in [5.74, 6) is -0.181. The van der Waals surface area contributed by atoms with E-state index in [1.165, 1.54) is 0 Å². The van der Waals surface area contributed by atoms with Crippen molar-refractivity contribution >= 4 is 17.3 Å². The molecular weight excluding hydrogens is 265 g/mol. The molecule has 0 radical (unpaired) electrons. The second-order valence-corrected chi connectivity index (χ2v) is 3.74. The lowest BCUT2D eigenvalue weighted by atomic mass is 10.2. The van der Waals surface area contributed by atoms with Crippen molar-refractivity contribution in [1.82, 2.24) is 10.2 Å². The molecule has 0 fully saturated rings. The van der Waals surface area contributed by atoms with Crippen LogP contribution in [0.25, 0.3) is 11.5 Å². The number of rotatable bonds is 4. The normalized spacial score (nSPS) is 10.6. The summed E-state index contributed by atoms with van der Waals surface area (Å²) in [6.45, 7) is 0. The molecule has 0 spiro atoms. The maximum atomic E-state index is 13.1. The highest BCUT2D eigenvalue weighted by Crippen LogP contribution is 2.29. The molecule has 0 saturated heterocycles. The third kappa shape index (κ3) is 2.45. The van der Waals surface area contributed by atoms with Crippen LogP contribution in [0.2, 0.25) is 0 Å². The average molecular weight is 272 g/mol. The Bertz CT molecular complexity index is 587. The molecule has 0 unspecified atom stereocenters. The fourth-order valence-corrected chi connectivity index (χ4v) is 1.54. The molecule has 0 saturated carbocycles. The molecule has 1 aromatic carbocycles. The fourth-order valence-electron chi connectivity index (χ4n) is 1.38. The van der Waals surface area contributed by atoms with E-state index in [1.54, 1.807) is 0 Å². The van der Waals surface area contributed by atoms with Crippen LogP contribution in [0.15, 0.2) is 22.6 Å². The number of halogens is 2. The van der Waals surface area contributed by atoms with Gasteiger partial charge in [-0.25, -0.2) is 4.39 Å². The first-order valence-electron chi connectivity index (χ1n) is 4.94. The van der Waals surface area contributed by atoms with E-state index in [0.29, 0.717) is 6.42 Å². The van der Waals surface area contributed by atoms with Crippen LogP contribution < -0.4 is 0 Å². The van der Waals surface area contributed by atoms with Gasteiger partial charge in [0.05, 0.1) is 4.92 Å². The topological polar surface area (TPSA) is 82.1 Å². The Morgan fingerprint density at radius 2 is 2.22 bits per heavy atom. The van der Waals surface area contributed by atoms with Crippen molar-refractivity contribution < 1.29 is 13.7 Å². The standard InChI is InChI=1S/C10H7ClFN3O3/c11-4-3-9-13-14-10(18-9)7-5-6(12)1-2-8(7)15(16)17/h1-2,5H,3-4H2. The highest BCUT2D eigenvalue weighted by atomic mass is 35.5. The lowest BCUT2D eigenvalue weighted by Crippen LogP contribution is -1.93. The molecule has 0 N–H and O–H groups in total. The Morgan fingerprint density at radius 3 is 2.89 bits per heavy atom. The van der Waals surface area contributed by atoms with E-state index >= 15 is 0 Å². The predicted molar refractivity (Wildman–Crippen MR) is 60.8 cm³/mol. The SMILES string of the molecule is O=[N+]([O-])c1ccc(F)cc1-c1nnc(CCCl)o1. The van der Waals surface area contributed by atoms with Crippen LogP contribution in [0.1, 0.15) is 5.89 Å². The number of benzene rings is 1. The van der Waals surface area contributed by atoms with Gasteiger partial charge in [0, 0.05) is 18.4 Å². The Balaban J connectivity index is 2.47. The van der Waals surface area contributed by atoms with E-state index in [0.717, 1.165) is 18.2 Å². The van der Waals surface area contributed by atoms with E-state index in [4.69, 9.17) is 16.0 Å². The van der Waals surface area contributed by atoms with Crippen LogP contribution in [0.5, 0.6) is 0 Å². The summed E-state index contributed by atoms with van der Waals surface area (Å²) in [4.78, 5) is 10.2. The smallest absolute Gasteiger partial charge is 0.282 e. The highest BCUT2D eigenvalue weighted by Gasteiger charge is 2.21. The molecule has 94 valence electrons. The molecule has 1 aromatic heterocycles. The summed E-state index contributed by atoms with van der Waals surface area (Å²) in [6.07, 6.45) is 0.345. The van der Waals surface area contributed by atoms with Gasteiger partial charge in [-0.05, 0) is 12.1 Å². The van der Waals surface area contributed by atoms with E-state index in [1.807, 2.05) is 0 Å². The fraction of sp³-hybridized carbons (Fsp3) is 0.200. The number of aromatic nitrogens is 2. The summed E-state index contributed by atoms with van der Waals surface area (Å²) in [7, 11) is 0. The van der Waals surface area contributed by atoms with Crippen molar-refractivity contribution in [2.24, 2.45) is 0 Å². The van der Waals surface area contributed by atoms with Crippen LogP contribution in [0, 0.1) is 15.9 Å². The lowest BCUT2D eigenvalue weighted by molar-refractivity contribution is -0.384. The number of aryl methyl sites for hydroxylation is 1. The molecule has 0 atom stereocenters. The van der Waals surface area contributed by atoms with Gasteiger partial charge in [-0.1, -0.05) is 0 Å². The molecule has 6 nitrogen and oxygen atoms in total. The number of nitro benzene ring substituents is 1. The number of hydrogen-bond acceptors (Lipinski definition) is 5. The third-order valence-corrected chi connectivity index (χ3v) is 2.35. The largest absolute Gasteiger partial charge is 0.420 e. The van der Waals surface area contributed by atoms with Crippen molar-refractivity contribution in [1.29, 1.82) is 0 Å². The summed E-state index contributed by atoms with van der Waals surface area (Å²) < 4.78 is 18.3. The van der Waals surface area contributed by atoms with E-state index < -0.39 is 10.7 Å². The van der Waals surface area contributed by atoms with Crippen molar-refractivity contribution in [2.45, 2.75) is 6.42 Å². The highest BCUT2D eigenvalue weighted by molar-refractivity contribution is 6.17. The van der Waals surface area contributed by atoms with Gasteiger partial charge in [-0.2, -0.15) is 0 Å². The molecule has 0 aliphatic carbocycles. The number of nitrogens with zero attached hydrogens (tertiary/aromatic N) is 3. The Hall–Kier alpha value is -2.02. The van der Waals surface area contributed by atoms with Crippen LogP contribution in [0.4, 0.5) is 10.1 Å². The van der Waals surface area contributed by atoms with Crippen molar-refractivity contribution in [3.63, 3.8) is 0 Å². The molecule has 2 rings (SSSR count). The maximum Gasteiger partial charge on any atom is 0.282 e. The minimum Gasteiger partial charge on any atom is -0.420 e.